The number of rotatable bonds is 5. The van der Waals surface area contributed by atoms with E-state index in [4.69, 9.17) is 10.5 Å². The number of aryl methyl sites for hydroxylation is 1. The molecule has 1 saturated heterocycles. The van der Waals surface area contributed by atoms with Gasteiger partial charge in [-0.15, -0.1) is 24.0 Å². The average molecular weight is 403 g/mol. The number of likely N-dealkylation sites (tertiary alicyclic amines) is 1. The van der Waals surface area contributed by atoms with E-state index in [0.29, 0.717) is 12.6 Å². The molecule has 1 aromatic rings. The minimum atomic E-state index is 0. The molecule has 0 saturated carbocycles. The first-order valence-electron chi connectivity index (χ1n) is 7.50. The molecule has 0 radical (unpaired) electrons. The lowest BCUT2D eigenvalue weighted by Crippen LogP contribution is -2.40. The number of nitrogens with zero attached hydrogens (tertiary/aromatic N) is 2. The Bertz CT molecular complexity index is 445. The Morgan fingerprint density at radius 2 is 1.95 bits per heavy atom. The first-order chi connectivity index (χ1) is 9.77. The van der Waals surface area contributed by atoms with Crippen LogP contribution in [0.15, 0.2) is 29.3 Å². The van der Waals surface area contributed by atoms with Crippen LogP contribution in [0.1, 0.15) is 31.2 Å². The molecule has 21 heavy (non-hydrogen) atoms. The van der Waals surface area contributed by atoms with E-state index >= 15 is 0 Å². The summed E-state index contributed by atoms with van der Waals surface area (Å²) in [5, 5.41) is 0. The predicted octanol–water partition coefficient (Wildman–Crippen LogP) is 3.18. The van der Waals surface area contributed by atoms with Gasteiger partial charge in [0.15, 0.2) is 5.96 Å². The molecule has 1 aliphatic rings. The zero-order valence-corrected chi connectivity index (χ0v) is 15.1. The smallest absolute Gasteiger partial charge is 0.191 e. The fraction of sp³-hybridized carbons (Fsp3) is 0.562. The van der Waals surface area contributed by atoms with Crippen molar-refractivity contribution in [3.63, 3.8) is 0 Å². The number of ether oxygens (including phenoxy) is 1. The maximum atomic E-state index is 6.00. The summed E-state index contributed by atoms with van der Waals surface area (Å²) in [6, 6.07) is 8.07. The Hall–Kier alpha value is -0.980. The van der Waals surface area contributed by atoms with Gasteiger partial charge >= 0.3 is 0 Å². The number of hydrogen-bond donors (Lipinski definition) is 1. The molecule has 118 valence electrons. The third-order valence-corrected chi connectivity index (χ3v) is 3.61. The van der Waals surface area contributed by atoms with Crippen molar-refractivity contribution in [2.24, 2.45) is 10.7 Å². The molecule has 0 aliphatic carbocycles. The van der Waals surface area contributed by atoms with Crippen molar-refractivity contribution in [2.75, 3.05) is 26.2 Å². The topological polar surface area (TPSA) is 50.9 Å². The van der Waals surface area contributed by atoms with E-state index in [-0.39, 0.29) is 24.0 Å². The molecule has 0 bridgehead atoms. The van der Waals surface area contributed by atoms with Crippen molar-refractivity contribution < 1.29 is 4.74 Å². The van der Waals surface area contributed by atoms with Gasteiger partial charge in [-0.25, -0.2) is 0 Å². The van der Waals surface area contributed by atoms with Crippen LogP contribution in [-0.4, -0.2) is 37.1 Å². The van der Waals surface area contributed by atoms with Crippen molar-refractivity contribution >= 4 is 29.9 Å². The van der Waals surface area contributed by atoms with Gasteiger partial charge in [0, 0.05) is 26.1 Å². The second-order valence-electron chi connectivity index (χ2n) is 5.26. The zero-order chi connectivity index (χ0) is 14.2. The highest BCUT2D eigenvalue weighted by atomic mass is 127. The number of para-hydroxylation sites is 1. The number of nitrogens with two attached hydrogens (primary N) is 1. The Morgan fingerprint density at radius 3 is 2.67 bits per heavy atom. The minimum absolute atomic E-state index is 0. The van der Waals surface area contributed by atoms with Gasteiger partial charge < -0.3 is 15.4 Å². The number of guanidine groups is 1. The highest BCUT2D eigenvalue weighted by Crippen LogP contribution is 2.16. The van der Waals surface area contributed by atoms with E-state index in [9.17, 15) is 0 Å². The lowest BCUT2D eigenvalue weighted by Gasteiger charge is -2.27. The molecular formula is C16H26IN3O. The van der Waals surface area contributed by atoms with Gasteiger partial charge in [-0.2, -0.15) is 0 Å². The van der Waals surface area contributed by atoms with Crippen LogP contribution in [0.3, 0.4) is 0 Å². The second-order valence-corrected chi connectivity index (χ2v) is 5.26. The van der Waals surface area contributed by atoms with E-state index in [2.05, 4.69) is 22.9 Å². The summed E-state index contributed by atoms with van der Waals surface area (Å²) in [5.74, 6) is 1.65. The van der Waals surface area contributed by atoms with Crippen molar-refractivity contribution in [3.05, 3.63) is 29.8 Å². The highest BCUT2D eigenvalue weighted by Gasteiger charge is 2.11. The summed E-state index contributed by atoms with van der Waals surface area (Å²) in [6.45, 7) is 5.57. The van der Waals surface area contributed by atoms with E-state index in [1.807, 2.05) is 18.2 Å². The van der Waals surface area contributed by atoms with Crippen LogP contribution in [-0.2, 0) is 0 Å². The van der Waals surface area contributed by atoms with Crippen LogP contribution in [0.2, 0.25) is 0 Å². The third-order valence-electron chi connectivity index (χ3n) is 3.61. The van der Waals surface area contributed by atoms with Crippen LogP contribution in [0.4, 0.5) is 0 Å². The third kappa shape index (κ3) is 6.11. The Morgan fingerprint density at radius 1 is 1.24 bits per heavy atom. The summed E-state index contributed by atoms with van der Waals surface area (Å²) < 4.78 is 5.74. The molecule has 2 N–H and O–H groups in total. The van der Waals surface area contributed by atoms with Gasteiger partial charge in [0.25, 0.3) is 0 Å². The molecule has 1 aliphatic heterocycles. The lowest BCUT2D eigenvalue weighted by atomic mass is 10.1. The van der Waals surface area contributed by atoms with Gasteiger partial charge in [-0.3, -0.25) is 4.99 Å². The molecule has 1 heterocycles. The molecule has 1 aromatic carbocycles. The van der Waals surface area contributed by atoms with E-state index in [0.717, 1.165) is 31.8 Å². The fourth-order valence-electron chi connectivity index (χ4n) is 2.38. The van der Waals surface area contributed by atoms with Crippen molar-refractivity contribution in [1.29, 1.82) is 0 Å². The number of piperidine rings is 1. The minimum Gasteiger partial charge on any atom is -0.493 e. The fourth-order valence-corrected chi connectivity index (χ4v) is 2.38. The summed E-state index contributed by atoms with van der Waals surface area (Å²) in [5.41, 5.74) is 7.17. The lowest BCUT2D eigenvalue weighted by molar-refractivity contribution is 0.310. The zero-order valence-electron chi connectivity index (χ0n) is 12.8. The van der Waals surface area contributed by atoms with Gasteiger partial charge in [0.05, 0.1) is 6.61 Å². The van der Waals surface area contributed by atoms with Gasteiger partial charge in [0.2, 0.25) is 0 Å². The largest absolute Gasteiger partial charge is 0.493 e. The van der Waals surface area contributed by atoms with Crippen LogP contribution < -0.4 is 10.5 Å². The monoisotopic (exact) mass is 403 g/mol. The molecule has 0 unspecified atom stereocenters. The summed E-state index contributed by atoms with van der Waals surface area (Å²) in [6.07, 6.45) is 4.66. The quantitative estimate of drug-likeness (QED) is 0.356. The standard InChI is InChI=1S/C16H25N3O.HI/c1-14-8-3-4-9-15(14)20-13-7-10-18-16(17)19-11-5-2-6-12-19;/h3-4,8-9H,2,5-7,10-13H2,1H3,(H2,17,18);1H. The molecule has 1 fully saturated rings. The first kappa shape index (κ1) is 18.1. The first-order valence-corrected chi connectivity index (χ1v) is 7.50. The molecule has 0 atom stereocenters. The maximum Gasteiger partial charge on any atom is 0.191 e. The highest BCUT2D eigenvalue weighted by molar-refractivity contribution is 14.0. The Balaban J connectivity index is 0.00000220. The average Bonchev–Trinajstić information content (AvgIpc) is 2.49. The number of aliphatic imine (C=N–C) groups is 1. The van der Waals surface area contributed by atoms with Gasteiger partial charge in [0.1, 0.15) is 5.75 Å². The maximum absolute atomic E-state index is 6.00. The van der Waals surface area contributed by atoms with Crippen molar-refractivity contribution in [2.45, 2.75) is 32.6 Å². The number of hydrogen-bond acceptors (Lipinski definition) is 2. The normalized spacial score (nSPS) is 15.5. The van der Waals surface area contributed by atoms with Crippen LogP contribution in [0, 0.1) is 6.92 Å². The Kier molecular flexibility index (Phi) is 8.49. The molecule has 0 amide bonds. The van der Waals surface area contributed by atoms with Crippen LogP contribution in [0.25, 0.3) is 0 Å². The van der Waals surface area contributed by atoms with Gasteiger partial charge in [-0.1, -0.05) is 18.2 Å². The van der Waals surface area contributed by atoms with Crippen molar-refractivity contribution in [1.82, 2.24) is 4.90 Å². The Labute approximate surface area is 144 Å². The number of benzene rings is 1. The summed E-state index contributed by atoms with van der Waals surface area (Å²) in [7, 11) is 0. The van der Waals surface area contributed by atoms with Crippen LogP contribution >= 0.6 is 24.0 Å². The van der Waals surface area contributed by atoms with E-state index in [1.165, 1.54) is 24.8 Å². The SMILES string of the molecule is Cc1ccccc1OCCCN=C(N)N1CCCCC1.I. The van der Waals surface area contributed by atoms with E-state index in [1.54, 1.807) is 0 Å². The molecule has 0 aromatic heterocycles. The second kappa shape index (κ2) is 9.87. The summed E-state index contributed by atoms with van der Waals surface area (Å²) >= 11 is 0. The number of halogens is 1. The molecular weight excluding hydrogens is 377 g/mol. The van der Waals surface area contributed by atoms with Crippen molar-refractivity contribution in [3.8, 4) is 5.75 Å². The summed E-state index contributed by atoms with van der Waals surface area (Å²) in [4.78, 5) is 6.63. The van der Waals surface area contributed by atoms with Gasteiger partial charge in [-0.05, 0) is 37.8 Å². The molecule has 2 rings (SSSR count). The predicted molar refractivity (Wildman–Crippen MR) is 98.6 cm³/mol. The van der Waals surface area contributed by atoms with E-state index < -0.39 is 0 Å². The van der Waals surface area contributed by atoms with Crippen LogP contribution in [0.5, 0.6) is 5.75 Å². The molecule has 0 spiro atoms. The molecule has 5 heteroatoms. The molecule has 4 nitrogen and oxygen atoms in total.